The molecule has 1 heteroatoms. The largest absolute Gasteiger partial charge is 0.0654 e. The Labute approximate surface area is 181 Å². The molecule has 0 nitrogen and oxygen atoms in total. The normalized spacial score (nSPS) is 14.1. The van der Waals surface area contributed by atoms with E-state index in [4.69, 9.17) is 0 Å². The molecule has 2 aromatic carbocycles. The monoisotopic (exact) mass is 440 g/mol. The molecule has 3 rings (SSSR count). The Hall–Kier alpha value is -1.08. The van der Waals surface area contributed by atoms with Crippen molar-refractivity contribution in [2.75, 3.05) is 0 Å². The van der Waals surface area contributed by atoms with Gasteiger partial charge in [-0.15, -0.1) is 0 Å². The van der Waals surface area contributed by atoms with E-state index in [0.29, 0.717) is 0 Å². The molecule has 0 heterocycles. The molecule has 0 saturated heterocycles. The van der Waals surface area contributed by atoms with Crippen LogP contribution in [0.3, 0.4) is 0 Å². The summed E-state index contributed by atoms with van der Waals surface area (Å²) in [5, 5.41) is 0. The first-order valence-electron chi connectivity index (χ1n) is 11.6. The van der Waals surface area contributed by atoms with Crippen molar-refractivity contribution in [3.63, 3.8) is 0 Å². The van der Waals surface area contributed by atoms with Gasteiger partial charge in [0.15, 0.2) is 0 Å². The number of unbranched alkanes of at least 4 members (excludes halogenated alkanes) is 8. The van der Waals surface area contributed by atoms with Crippen LogP contribution in [0.1, 0.15) is 102 Å². The SMILES string of the molecule is CCCCCCCC1(CCCCCCC)c2ccccc2-c2ccc(Br)cc21. The number of fused-ring (bicyclic) bond motifs is 3. The Balaban J connectivity index is 1.89. The Morgan fingerprint density at radius 3 is 1.86 bits per heavy atom. The zero-order valence-electron chi connectivity index (χ0n) is 17.9. The molecule has 2 aromatic rings. The van der Waals surface area contributed by atoms with Crippen molar-refractivity contribution in [2.24, 2.45) is 0 Å². The third-order valence-corrected chi connectivity index (χ3v) is 7.14. The van der Waals surface area contributed by atoms with Gasteiger partial charge in [-0.2, -0.15) is 0 Å². The van der Waals surface area contributed by atoms with Crippen molar-refractivity contribution >= 4 is 15.9 Å². The van der Waals surface area contributed by atoms with Gasteiger partial charge in [0.1, 0.15) is 0 Å². The molecule has 0 aromatic heterocycles. The van der Waals surface area contributed by atoms with E-state index in [9.17, 15) is 0 Å². The summed E-state index contributed by atoms with van der Waals surface area (Å²) in [6.07, 6.45) is 16.2. The van der Waals surface area contributed by atoms with Crippen LogP contribution in [0.15, 0.2) is 46.9 Å². The topological polar surface area (TPSA) is 0 Å². The molecular weight excluding hydrogens is 404 g/mol. The fourth-order valence-electron chi connectivity index (χ4n) is 5.15. The van der Waals surface area contributed by atoms with Gasteiger partial charge in [-0.05, 0) is 47.2 Å². The highest BCUT2D eigenvalue weighted by atomic mass is 79.9. The molecular formula is C27H37Br. The average Bonchev–Trinajstić information content (AvgIpc) is 2.97. The quantitative estimate of drug-likeness (QED) is 0.288. The first kappa shape index (κ1) is 21.6. The first-order valence-corrected chi connectivity index (χ1v) is 12.4. The maximum Gasteiger partial charge on any atom is 0.0215 e. The molecule has 152 valence electrons. The molecule has 0 aliphatic heterocycles. The molecule has 0 fully saturated rings. The van der Waals surface area contributed by atoms with Crippen LogP contribution in [0.2, 0.25) is 0 Å². The van der Waals surface area contributed by atoms with E-state index in [1.807, 2.05) is 0 Å². The third-order valence-electron chi connectivity index (χ3n) is 6.64. The van der Waals surface area contributed by atoms with Crippen molar-refractivity contribution in [1.82, 2.24) is 0 Å². The molecule has 0 saturated carbocycles. The molecule has 0 spiro atoms. The van der Waals surface area contributed by atoms with Gasteiger partial charge in [-0.25, -0.2) is 0 Å². The molecule has 1 aliphatic carbocycles. The maximum absolute atomic E-state index is 3.77. The molecule has 28 heavy (non-hydrogen) atoms. The second kappa shape index (κ2) is 10.6. The van der Waals surface area contributed by atoms with Gasteiger partial charge in [0.25, 0.3) is 0 Å². The van der Waals surface area contributed by atoms with E-state index < -0.39 is 0 Å². The Morgan fingerprint density at radius 2 is 1.21 bits per heavy atom. The predicted octanol–water partition coefficient (Wildman–Crippen LogP) is 9.44. The molecule has 0 bridgehead atoms. The Kier molecular flexibility index (Phi) is 8.21. The standard InChI is InChI=1S/C27H37Br/c1-3-5-7-9-13-19-27(20-14-10-8-6-4-2)25-16-12-11-15-23(25)24-18-17-22(28)21-26(24)27/h11-12,15-18,21H,3-10,13-14,19-20H2,1-2H3. The Morgan fingerprint density at radius 1 is 0.643 bits per heavy atom. The van der Waals surface area contributed by atoms with E-state index in [1.54, 1.807) is 11.1 Å². The van der Waals surface area contributed by atoms with Crippen molar-refractivity contribution in [1.29, 1.82) is 0 Å². The highest BCUT2D eigenvalue weighted by Gasteiger charge is 2.41. The molecule has 0 radical (unpaired) electrons. The van der Waals surface area contributed by atoms with E-state index in [1.165, 1.54) is 92.6 Å². The second-order valence-corrected chi connectivity index (χ2v) is 9.56. The molecule has 0 atom stereocenters. The van der Waals surface area contributed by atoms with Gasteiger partial charge < -0.3 is 0 Å². The molecule has 0 amide bonds. The number of hydrogen-bond donors (Lipinski definition) is 0. The van der Waals surface area contributed by atoms with Crippen LogP contribution in [0.5, 0.6) is 0 Å². The summed E-state index contributed by atoms with van der Waals surface area (Å²) < 4.78 is 1.22. The second-order valence-electron chi connectivity index (χ2n) is 8.65. The highest BCUT2D eigenvalue weighted by Crippen LogP contribution is 2.54. The predicted molar refractivity (Wildman–Crippen MR) is 127 cm³/mol. The minimum Gasteiger partial charge on any atom is -0.0654 e. The van der Waals surface area contributed by atoms with E-state index in [2.05, 4.69) is 72.2 Å². The highest BCUT2D eigenvalue weighted by molar-refractivity contribution is 9.10. The lowest BCUT2D eigenvalue weighted by Crippen LogP contribution is -2.25. The van der Waals surface area contributed by atoms with Crippen LogP contribution >= 0.6 is 15.9 Å². The number of hydrogen-bond acceptors (Lipinski definition) is 0. The van der Waals surface area contributed by atoms with Crippen LogP contribution in [-0.2, 0) is 5.41 Å². The zero-order valence-corrected chi connectivity index (χ0v) is 19.5. The van der Waals surface area contributed by atoms with Crippen LogP contribution in [0, 0.1) is 0 Å². The number of halogens is 1. The van der Waals surface area contributed by atoms with Crippen molar-refractivity contribution in [3.8, 4) is 11.1 Å². The summed E-state index contributed by atoms with van der Waals surface area (Å²) in [7, 11) is 0. The van der Waals surface area contributed by atoms with Crippen molar-refractivity contribution < 1.29 is 0 Å². The summed E-state index contributed by atoms with van der Waals surface area (Å²) in [6.45, 7) is 4.61. The van der Waals surface area contributed by atoms with Crippen LogP contribution in [-0.4, -0.2) is 0 Å². The summed E-state index contributed by atoms with van der Waals surface area (Å²) in [5.74, 6) is 0. The van der Waals surface area contributed by atoms with Gasteiger partial charge in [0.2, 0.25) is 0 Å². The lowest BCUT2D eigenvalue weighted by molar-refractivity contribution is 0.399. The number of rotatable bonds is 12. The lowest BCUT2D eigenvalue weighted by Gasteiger charge is -2.33. The lowest BCUT2D eigenvalue weighted by atomic mass is 9.70. The van der Waals surface area contributed by atoms with Crippen LogP contribution in [0.4, 0.5) is 0 Å². The average molecular weight is 441 g/mol. The van der Waals surface area contributed by atoms with Gasteiger partial charge in [0.05, 0.1) is 0 Å². The fraction of sp³-hybridized carbons (Fsp3) is 0.556. The fourth-order valence-corrected chi connectivity index (χ4v) is 5.51. The maximum atomic E-state index is 3.77. The van der Waals surface area contributed by atoms with Gasteiger partial charge in [-0.1, -0.05) is 124 Å². The molecule has 0 N–H and O–H groups in total. The molecule has 1 aliphatic rings. The summed E-state index contributed by atoms with van der Waals surface area (Å²) in [6, 6.07) is 16.2. The smallest absolute Gasteiger partial charge is 0.0215 e. The van der Waals surface area contributed by atoms with Crippen molar-refractivity contribution in [2.45, 2.75) is 96.3 Å². The third kappa shape index (κ3) is 4.73. The first-order chi connectivity index (χ1) is 13.7. The summed E-state index contributed by atoms with van der Waals surface area (Å²) in [5.41, 5.74) is 6.34. The zero-order chi connectivity index (χ0) is 19.8. The van der Waals surface area contributed by atoms with Crippen molar-refractivity contribution in [3.05, 3.63) is 58.1 Å². The van der Waals surface area contributed by atoms with Crippen LogP contribution < -0.4 is 0 Å². The van der Waals surface area contributed by atoms with Gasteiger partial charge >= 0.3 is 0 Å². The van der Waals surface area contributed by atoms with Gasteiger partial charge in [0, 0.05) is 9.89 Å². The minimum absolute atomic E-state index is 0.216. The van der Waals surface area contributed by atoms with E-state index >= 15 is 0 Å². The van der Waals surface area contributed by atoms with Crippen LogP contribution in [0.25, 0.3) is 11.1 Å². The van der Waals surface area contributed by atoms with Gasteiger partial charge in [-0.3, -0.25) is 0 Å². The Bertz CT molecular complexity index is 732. The minimum atomic E-state index is 0.216. The van der Waals surface area contributed by atoms with E-state index in [0.717, 1.165) is 0 Å². The summed E-state index contributed by atoms with van der Waals surface area (Å²) >= 11 is 3.77. The summed E-state index contributed by atoms with van der Waals surface area (Å²) in [4.78, 5) is 0. The number of benzene rings is 2. The van der Waals surface area contributed by atoms with E-state index in [-0.39, 0.29) is 5.41 Å². The molecule has 0 unspecified atom stereocenters.